The van der Waals surface area contributed by atoms with E-state index in [1.54, 1.807) is 0 Å². The molecule has 1 saturated carbocycles. The molecule has 0 aliphatic heterocycles. The van der Waals surface area contributed by atoms with Crippen molar-refractivity contribution in [1.29, 1.82) is 0 Å². The molecule has 0 heterocycles. The molecular formula is C18H38N2. The molecule has 0 amide bonds. The lowest BCUT2D eigenvalue weighted by Crippen LogP contribution is -2.36. The van der Waals surface area contributed by atoms with Gasteiger partial charge in [-0.1, -0.05) is 27.7 Å². The van der Waals surface area contributed by atoms with Crippen LogP contribution in [0.3, 0.4) is 0 Å². The van der Waals surface area contributed by atoms with Gasteiger partial charge in [-0.25, -0.2) is 0 Å². The van der Waals surface area contributed by atoms with Crippen molar-refractivity contribution in [3.63, 3.8) is 0 Å². The van der Waals surface area contributed by atoms with Gasteiger partial charge in [-0.3, -0.25) is 0 Å². The number of hydrogen-bond donors (Lipinski definition) is 1. The maximum Gasteiger partial charge on any atom is 0.00682 e. The number of nitrogens with one attached hydrogen (secondary N) is 1. The van der Waals surface area contributed by atoms with Crippen LogP contribution >= 0.6 is 0 Å². The Labute approximate surface area is 127 Å². The van der Waals surface area contributed by atoms with Gasteiger partial charge in [0.05, 0.1) is 0 Å². The Morgan fingerprint density at radius 1 is 0.900 bits per heavy atom. The third-order valence-electron chi connectivity index (χ3n) is 4.42. The minimum Gasteiger partial charge on any atom is -0.314 e. The average molecular weight is 283 g/mol. The van der Waals surface area contributed by atoms with Crippen molar-refractivity contribution in [3.05, 3.63) is 0 Å². The van der Waals surface area contributed by atoms with Gasteiger partial charge in [0.25, 0.3) is 0 Å². The van der Waals surface area contributed by atoms with Crippen LogP contribution < -0.4 is 5.32 Å². The Hall–Kier alpha value is -0.0800. The van der Waals surface area contributed by atoms with Gasteiger partial charge in [-0.05, 0) is 76.9 Å². The van der Waals surface area contributed by atoms with Crippen LogP contribution in [0, 0.1) is 11.8 Å². The normalized spacial score (nSPS) is 17.4. The third kappa shape index (κ3) is 8.97. The monoisotopic (exact) mass is 282 g/mol. The predicted molar refractivity (Wildman–Crippen MR) is 90.2 cm³/mol. The van der Waals surface area contributed by atoms with E-state index in [0.29, 0.717) is 0 Å². The largest absolute Gasteiger partial charge is 0.314 e. The highest BCUT2D eigenvalue weighted by atomic mass is 15.1. The molecule has 0 aromatic rings. The van der Waals surface area contributed by atoms with E-state index in [0.717, 1.165) is 23.9 Å². The zero-order valence-electron chi connectivity index (χ0n) is 14.6. The molecule has 1 aliphatic carbocycles. The lowest BCUT2D eigenvalue weighted by Gasteiger charge is -2.30. The van der Waals surface area contributed by atoms with Crippen molar-refractivity contribution in [1.82, 2.24) is 10.2 Å². The van der Waals surface area contributed by atoms with Gasteiger partial charge in [-0.15, -0.1) is 0 Å². The molecule has 1 aliphatic rings. The summed E-state index contributed by atoms with van der Waals surface area (Å²) in [4.78, 5) is 2.73. The fourth-order valence-electron chi connectivity index (χ4n) is 2.57. The quantitative estimate of drug-likeness (QED) is 0.537. The second-order valence-electron chi connectivity index (χ2n) is 7.62. The van der Waals surface area contributed by atoms with E-state index in [1.165, 1.54) is 58.2 Å². The van der Waals surface area contributed by atoms with E-state index >= 15 is 0 Å². The van der Waals surface area contributed by atoms with E-state index in [4.69, 9.17) is 0 Å². The SMILES string of the molecule is CC(C)CCN(CCC(C)C)C(C)CCCNC1CC1. The van der Waals surface area contributed by atoms with Crippen LogP contribution in [0.5, 0.6) is 0 Å². The molecule has 20 heavy (non-hydrogen) atoms. The number of hydrogen-bond acceptors (Lipinski definition) is 2. The number of nitrogens with zero attached hydrogens (tertiary/aromatic N) is 1. The maximum atomic E-state index is 3.63. The van der Waals surface area contributed by atoms with Gasteiger partial charge in [0.15, 0.2) is 0 Å². The van der Waals surface area contributed by atoms with E-state index < -0.39 is 0 Å². The zero-order chi connectivity index (χ0) is 15.0. The van der Waals surface area contributed by atoms with Crippen LogP contribution in [-0.4, -0.2) is 36.6 Å². The van der Waals surface area contributed by atoms with Gasteiger partial charge in [0, 0.05) is 12.1 Å². The van der Waals surface area contributed by atoms with Gasteiger partial charge in [0.1, 0.15) is 0 Å². The van der Waals surface area contributed by atoms with Crippen LogP contribution in [0.1, 0.15) is 73.1 Å². The first-order valence-electron chi connectivity index (χ1n) is 8.96. The minimum atomic E-state index is 0.744. The Morgan fingerprint density at radius 3 is 1.90 bits per heavy atom. The maximum absolute atomic E-state index is 3.63. The van der Waals surface area contributed by atoms with Gasteiger partial charge in [-0.2, -0.15) is 0 Å². The zero-order valence-corrected chi connectivity index (χ0v) is 14.6. The topological polar surface area (TPSA) is 15.3 Å². The first-order valence-corrected chi connectivity index (χ1v) is 8.96. The molecule has 2 nitrogen and oxygen atoms in total. The Balaban J connectivity index is 2.21. The summed E-state index contributed by atoms with van der Waals surface area (Å²) in [5, 5.41) is 3.63. The summed E-state index contributed by atoms with van der Waals surface area (Å²) in [6.07, 6.45) is 8.16. The van der Waals surface area contributed by atoms with Crippen molar-refractivity contribution >= 4 is 0 Å². The Kier molecular flexibility index (Phi) is 8.79. The smallest absolute Gasteiger partial charge is 0.00682 e. The third-order valence-corrected chi connectivity index (χ3v) is 4.42. The summed E-state index contributed by atoms with van der Waals surface area (Å²) in [5.41, 5.74) is 0. The molecule has 1 atom stereocenters. The molecular weight excluding hydrogens is 244 g/mol. The summed E-state index contributed by atoms with van der Waals surface area (Å²) in [5.74, 6) is 1.64. The molecule has 2 heteroatoms. The minimum absolute atomic E-state index is 0.744. The second kappa shape index (κ2) is 9.78. The molecule has 1 rings (SSSR count). The Bertz CT molecular complexity index is 222. The van der Waals surface area contributed by atoms with Crippen molar-refractivity contribution in [2.75, 3.05) is 19.6 Å². The highest BCUT2D eigenvalue weighted by Gasteiger charge is 2.20. The first-order chi connectivity index (χ1) is 9.49. The van der Waals surface area contributed by atoms with E-state index in [-0.39, 0.29) is 0 Å². The molecule has 0 radical (unpaired) electrons. The van der Waals surface area contributed by atoms with E-state index in [1.807, 2.05) is 0 Å². The molecule has 120 valence electrons. The molecule has 1 fully saturated rings. The molecule has 0 aromatic heterocycles. The van der Waals surface area contributed by atoms with Crippen LogP contribution in [-0.2, 0) is 0 Å². The van der Waals surface area contributed by atoms with Crippen LogP contribution in [0.25, 0.3) is 0 Å². The predicted octanol–water partition coefficient (Wildman–Crippen LogP) is 4.30. The van der Waals surface area contributed by atoms with Crippen LogP contribution in [0.15, 0.2) is 0 Å². The van der Waals surface area contributed by atoms with Crippen LogP contribution in [0.4, 0.5) is 0 Å². The van der Waals surface area contributed by atoms with E-state index in [2.05, 4.69) is 44.8 Å². The summed E-state index contributed by atoms with van der Waals surface area (Å²) >= 11 is 0. The molecule has 0 spiro atoms. The summed E-state index contributed by atoms with van der Waals surface area (Å²) in [6.45, 7) is 15.6. The molecule has 0 aromatic carbocycles. The lowest BCUT2D eigenvalue weighted by molar-refractivity contribution is 0.177. The summed E-state index contributed by atoms with van der Waals surface area (Å²) in [6, 6.07) is 1.61. The number of rotatable bonds is 12. The molecule has 1 unspecified atom stereocenters. The summed E-state index contributed by atoms with van der Waals surface area (Å²) in [7, 11) is 0. The summed E-state index contributed by atoms with van der Waals surface area (Å²) < 4.78 is 0. The lowest BCUT2D eigenvalue weighted by atomic mass is 10.1. The average Bonchev–Trinajstić information content (AvgIpc) is 3.17. The fraction of sp³-hybridized carbons (Fsp3) is 1.00. The van der Waals surface area contributed by atoms with Crippen molar-refractivity contribution < 1.29 is 0 Å². The van der Waals surface area contributed by atoms with Gasteiger partial charge in [0.2, 0.25) is 0 Å². The van der Waals surface area contributed by atoms with Gasteiger partial charge >= 0.3 is 0 Å². The van der Waals surface area contributed by atoms with E-state index in [9.17, 15) is 0 Å². The highest BCUT2D eigenvalue weighted by molar-refractivity contribution is 4.80. The highest BCUT2D eigenvalue weighted by Crippen LogP contribution is 2.19. The molecule has 0 saturated heterocycles. The Morgan fingerprint density at radius 2 is 1.45 bits per heavy atom. The fourth-order valence-corrected chi connectivity index (χ4v) is 2.57. The van der Waals surface area contributed by atoms with Gasteiger partial charge < -0.3 is 10.2 Å². The molecule has 1 N–H and O–H groups in total. The van der Waals surface area contributed by atoms with Crippen molar-refractivity contribution in [2.24, 2.45) is 11.8 Å². The second-order valence-corrected chi connectivity index (χ2v) is 7.62. The van der Waals surface area contributed by atoms with Crippen molar-refractivity contribution in [3.8, 4) is 0 Å². The van der Waals surface area contributed by atoms with Crippen molar-refractivity contribution in [2.45, 2.75) is 85.2 Å². The molecule has 0 bridgehead atoms. The standard InChI is InChI=1S/C18H38N2/c1-15(2)10-13-20(14-11-16(3)4)17(5)7-6-12-19-18-8-9-18/h15-19H,6-14H2,1-5H3. The first kappa shape index (κ1) is 18.0. The van der Waals surface area contributed by atoms with Crippen LogP contribution in [0.2, 0.25) is 0 Å².